The van der Waals surface area contributed by atoms with E-state index in [-0.39, 0.29) is 94.2 Å². The first-order valence-electron chi connectivity index (χ1n) is 27.8. The van der Waals surface area contributed by atoms with Gasteiger partial charge in [-0.1, -0.05) is 35.9 Å². The highest BCUT2D eigenvalue weighted by atomic mass is 35.5. The first kappa shape index (κ1) is 64.2. The summed E-state index contributed by atoms with van der Waals surface area (Å²) in [5.74, 6) is -2.54. The van der Waals surface area contributed by atoms with Crippen molar-refractivity contribution in [3.8, 4) is 45.2 Å². The van der Waals surface area contributed by atoms with Gasteiger partial charge in [0.25, 0.3) is 11.8 Å². The molecule has 4 heterocycles. The lowest BCUT2D eigenvalue weighted by atomic mass is 9.97. The average molecular weight is 1270 g/mol. The van der Waals surface area contributed by atoms with E-state index in [2.05, 4.69) is 15.6 Å². The summed E-state index contributed by atoms with van der Waals surface area (Å²) in [5.41, 5.74) is 7.50. The standard InChI is InChI=1S/C37H33F2N3O6S.C28H27ClFN3O6S/c1-5-47-33(43)16-12-21-11-15-30(41-35(21)24-17-23-7-6-8-29(39)26(23)18-24)27-19-28-32(20-31(27)42(3)49(4,45)46)48-36(34(28)37(44)40-2)22-9-13-25(38)14-10-22;1-5-38-24(34)13-9-17-8-12-21(32-27(17)29)19-14-20-23(15-22(19)33(3)40(4,36)37)39-26(25(20)28(35)31-2)16-6-10-18(30)11-7-16/h6-11,13-15,18-20H,5,12,16-17H2,1-4H3,(H,40,44);6-8,10-12,14-15H,5,9,13H2,1-4H3,(H,31,35). The number of halogens is 4. The molecular formula is C65H60ClF3N6O12S2. The summed E-state index contributed by atoms with van der Waals surface area (Å²) in [6.07, 6.45) is 5.10. The number of rotatable bonds is 19. The number of fused-ring (bicyclic) bond motifs is 3. The van der Waals surface area contributed by atoms with Gasteiger partial charge in [0.1, 0.15) is 45.3 Å². The first-order chi connectivity index (χ1) is 42.3. The Hall–Kier alpha value is -9.32. The van der Waals surface area contributed by atoms with Crippen molar-refractivity contribution in [3.63, 3.8) is 0 Å². The van der Waals surface area contributed by atoms with Crippen LogP contribution in [0.4, 0.5) is 24.5 Å². The quantitative estimate of drug-likeness (QED) is 0.0566. The molecular weight excluding hydrogens is 1210 g/mol. The number of sulfonamides is 2. The van der Waals surface area contributed by atoms with E-state index in [4.69, 9.17) is 34.9 Å². The number of amides is 2. The molecule has 1 aliphatic carbocycles. The minimum Gasteiger partial charge on any atom is -0.466 e. The summed E-state index contributed by atoms with van der Waals surface area (Å²) >= 11 is 6.47. The van der Waals surface area contributed by atoms with Crippen molar-refractivity contribution in [1.29, 1.82) is 0 Å². The second kappa shape index (κ2) is 26.6. The summed E-state index contributed by atoms with van der Waals surface area (Å²) in [4.78, 5) is 59.9. The van der Waals surface area contributed by atoms with Crippen molar-refractivity contribution in [2.45, 2.75) is 46.0 Å². The van der Waals surface area contributed by atoms with E-state index in [1.54, 1.807) is 56.3 Å². The second-order valence-electron chi connectivity index (χ2n) is 20.6. The van der Waals surface area contributed by atoms with Crippen molar-refractivity contribution in [2.75, 3.05) is 62.5 Å². The van der Waals surface area contributed by atoms with Crippen molar-refractivity contribution in [2.24, 2.45) is 0 Å². The van der Waals surface area contributed by atoms with Gasteiger partial charge in [0.2, 0.25) is 20.0 Å². The average Bonchev–Trinajstić information content (AvgIpc) is 1.72. The number of anilines is 2. The Labute approximate surface area is 516 Å². The molecule has 0 unspecified atom stereocenters. The Kier molecular flexibility index (Phi) is 19.2. The molecule has 2 amide bonds. The predicted octanol–water partition coefficient (Wildman–Crippen LogP) is 12.0. The highest BCUT2D eigenvalue weighted by Crippen LogP contribution is 2.44. The Morgan fingerprint density at radius 2 is 1.07 bits per heavy atom. The number of nitrogens with one attached hydrogen (secondary N) is 2. The predicted molar refractivity (Wildman–Crippen MR) is 336 cm³/mol. The van der Waals surface area contributed by atoms with Crippen LogP contribution in [0.2, 0.25) is 5.15 Å². The van der Waals surface area contributed by atoms with E-state index in [0.717, 1.165) is 37.8 Å². The zero-order valence-corrected chi connectivity index (χ0v) is 51.9. The Balaban J connectivity index is 0.000000216. The van der Waals surface area contributed by atoms with Crippen LogP contribution < -0.4 is 19.2 Å². The number of ether oxygens (including phenoxy) is 2. The van der Waals surface area contributed by atoms with Gasteiger partial charge in [0.15, 0.2) is 0 Å². The van der Waals surface area contributed by atoms with Crippen LogP contribution in [-0.4, -0.2) is 104 Å². The van der Waals surface area contributed by atoms with Crippen LogP contribution in [-0.2, 0) is 58.4 Å². The largest absolute Gasteiger partial charge is 0.466 e. The maximum Gasteiger partial charge on any atom is 0.306 e. The summed E-state index contributed by atoms with van der Waals surface area (Å²) in [6, 6.07) is 29.0. The van der Waals surface area contributed by atoms with Gasteiger partial charge in [-0.05, 0) is 134 Å². The molecule has 0 radical (unpaired) electrons. The molecule has 0 bridgehead atoms. The highest BCUT2D eigenvalue weighted by Gasteiger charge is 2.30. The number of esters is 2. The smallest absolute Gasteiger partial charge is 0.306 e. The minimum absolute atomic E-state index is 0.0984. The Bertz CT molecular complexity index is 4540. The van der Waals surface area contributed by atoms with E-state index in [0.29, 0.717) is 80.5 Å². The number of pyridine rings is 2. The van der Waals surface area contributed by atoms with Crippen LogP contribution in [0.1, 0.15) is 75.4 Å². The Morgan fingerprint density at radius 3 is 1.49 bits per heavy atom. The van der Waals surface area contributed by atoms with Gasteiger partial charge in [-0.2, -0.15) is 0 Å². The van der Waals surface area contributed by atoms with E-state index >= 15 is 0 Å². The first-order valence-corrected chi connectivity index (χ1v) is 31.9. The van der Waals surface area contributed by atoms with Gasteiger partial charge in [-0.3, -0.25) is 27.8 Å². The topological polar surface area (TPSA) is 238 Å². The van der Waals surface area contributed by atoms with Gasteiger partial charge in [-0.25, -0.2) is 40.0 Å². The molecule has 0 spiro atoms. The molecule has 0 aliphatic heterocycles. The van der Waals surface area contributed by atoms with Crippen molar-refractivity contribution >= 4 is 100 Å². The third-order valence-corrected chi connectivity index (χ3v) is 17.5. The number of carbonyl (C=O) groups excluding carboxylic acids is 4. The molecule has 0 fully saturated rings. The number of hydrogen-bond donors (Lipinski definition) is 2. The normalized spacial score (nSPS) is 12.0. The van der Waals surface area contributed by atoms with Gasteiger partial charge in [0.05, 0.1) is 65.3 Å². The lowest BCUT2D eigenvalue weighted by Gasteiger charge is -2.21. The number of benzene rings is 5. The number of nitrogens with zero attached hydrogens (tertiary/aromatic N) is 4. The third-order valence-electron chi connectivity index (χ3n) is 14.8. The third kappa shape index (κ3) is 13.9. The number of allylic oxidation sites excluding steroid dienone is 1. The lowest BCUT2D eigenvalue weighted by molar-refractivity contribution is -0.144. The maximum absolute atomic E-state index is 14.8. The molecule has 2 N–H and O–H groups in total. The molecule has 9 aromatic rings. The zero-order chi connectivity index (χ0) is 64.2. The minimum atomic E-state index is -3.80. The second-order valence-corrected chi connectivity index (χ2v) is 25.0. The number of aryl methyl sites for hydroxylation is 2. The van der Waals surface area contributed by atoms with Crippen molar-refractivity contribution < 1.29 is 67.5 Å². The van der Waals surface area contributed by atoms with Crippen LogP contribution in [0.25, 0.3) is 78.7 Å². The highest BCUT2D eigenvalue weighted by molar-refractivity contribution is 7.92. The van der Waals surface area contributed by atoms with Crippen LogP contribution >= 0.6 is 11.6 Å². The lowest BCUT2D eigenvalue weighted by Crippen LogP contribution is -2.25. The van der Waals surface area contributed by atoms with Gasteiger partial charge < -0.3 is 28.9 Å². The van der Waals surface area contributed by atoms with Gasteiger partial charge in [-0.15, -0.1) is 0 Å². The molecule has 462 valence electrons. The molecule has 0 saturated heterocycles. The van der Waals surface area contributed by atoms with Crippen molar-refractivity contribution in [1.82, 2.24) is 20.6 Å². The molecule has 89 heavy (non-hydrogen) atoms. The van der Waals surface area contributed by atoms with Gasteiger partial charge in [0, 0.05) is 98.2 Å². The summed E-state index contributed by atoms with van der Waals surface area (Å²) in [5, 5.41) is 6.14. The molecule has 5 aromatic carbocycles. The number of furan rings is 2. The zero-order valence-electron chi connectivity index (χ0n) is 49.5. The number of hydrogen-bond acceptors (Lipinski definition) is 14. The molecule has 0 atom stereocenters. The summed E-state index contributed by atoms with van der Waals surface area (Å²) in [6.45, 7) is 3.98. The molecule has 10 rings (SSSR count). The van der Waals surface area contributed by atoms with Crippen molar-refractivity contribution in [3.05, 3.63) is 177 Å². The van der Waals surface area contributed by atoms with E-state index < -0.39 is 43.5 Å². The molecule has 18 nitrogen and oxygen atoms in total. The SMILES string of the molecule is CCOC(=O)CCc1ccc(-c2cc3c(C(=O)NC)c(-c4ccc(F)cc4)oc3cc2N(C)S(C)(=O)=O)nc1C1=Cc2c(F)cccc2C1.CCOC(=O)CCc1ccc(-c2cc3c(C(=O)NC)c(-c4ccc(F)cc4)oc3cc2N(C)S(C)(=O)=O)nc1Cl. The van der Waals surface area contributed by atoms with E-state index in [1.165, 1.54) is 94.9 Å². The molecule has 1 aliphatic rings. The van der Waals surface area contributed by atoms with Crippen LogP contribution in [0.15, 0.2) is 124 Å². The molecule has 24 heteroatoms. The van der Waals surface area contributed by atoms with E-state index in [1.807, 2.05) is 12.1 Å². The van der Waals surface area contributed by atoms with Crippen LogP contribution in [0, 0.1) is 17.5 Å². The van der Waals surface area contributed by atoms with E-state index in [9.17, 15) is 49.2 Å². The molecule has 4 aromatic heterocycles. The van der Waals surface area contributed by atoms with Gasteiger partial charge >= 0.3 is 11.9 Å². The Morgan fingerprint density at radius 1 is 0.618 bits per heavy atom. The summed E-state index contributed by atoms with van der Waals surface area (Å²) < 4.78 is 118. The van der Waals surface area contributed by atoms with Crippen LogP contribution in [0.3, 0.4) is 0 Å². The fourth-order valence-electron chi connectivity index (χ4n) is 10.2. The fraction of sp³-hybridized carbons (Fsp3) is 0.231. The number of aromatic nitrogens is 2. The fourth-order valence-corrected chi connectivity index (χ4v) is 11.5. The molecule has 0 saturated carbocycles. The number of carbonyl (C=O) groups is 4. The maximum atomic E-state index is 14.8. The van der Waals surface area contributed by atoms with Crippen LogP contribution in [0.5, 0.6) is 0 Å². The summed E-state index contributed by atoms with van der Waals surface area (Å²) in [7, 11) is -1.78. The monoisotopic (exact) mass is 1270 g/mol.